The largest absolute Gasteiger partial charge is 0.338 e. The number of carbonyl (C=O) groups excluding carboxylic acids is 1. The lowest BCUT2D eigenvalue weighted by Gasteiger charge is -2.11. The molecule has 0 bridgehead atoms. The number of alkyl halides is 1. The van der Waals surface area contributed by atoms with E-state index in [1.165, 1.54) is 0 Å². The van der Waals surface area contributed by atoms with Gasteiger partial charge in [-0.1, -0.05) is 5.16 Å². The third-order valence-corrected chi connectivity index (χ3v) is 2.75. The Hall–Kier alpha value is -1.03. The zero-order valence-electron chi connectivity index (χ0n) is 8.08. The Labute approximate surface area is 86.8 Å². The normalized spacial score (nSPS) is 22.1. The number of rotatable bonds is 1. The van der Waals surface area contributed by atoms with E-state index in [1.807, 2.05) is 13.8 Å². The molecular weight excluding hydrogens is 204 g/mol. The molecule has 0 aromatic carbocycles. The van der Waals surface area contributed by atoms with E-state index in [-0.39, 0.29) is 11.3 Å². The van der Waals surface area contributed by atoms with E-state index in [2.05, 4.69) is 5.16 Å². The first kappa shape index (κ1) is 9.52. The van der Waals surface area contributed by atoms with Crippen LogP contribution in [0.2, 0.25) is 0 Å². The van der Waals surface area contributed by atoms with Crippen LogP contribution in [0.15, 0.2) is 4.52 Å². The smallest absolute Gasteiger partial charge is 0.237 e. The monoisotopic (exact) mass is 214 g/mol. The summed E-state index contributed by atoms with van der Waals surface area (Å²) in [6, 6.07) is 0. The summed E-state index contributed by atoms with van der Waals surface area (Å²) in [5, 5.41) is 3.69. The second-order valence-electron chi connectivity index (χ2n) is 3.50. The number of carbonyl (C=O) groups is 1. The van der Waals surface area contributed by atoms with Crippen molar-refractivity contribution in [2.24, 2.45) is 0 Å². The number of hydrogen-bond donors (Lipinski definition) is 0. The number of anilines is 1. The molecule has 1 aromatic heterocycles. The van der Waals surface area contributed by atoms with Gasteiger partial charge in [-0.3, -0.25) is 9.69 Å². The van der Waals surface area contributed by atoms with Gasteiger partial charge in [0.05, 0.1) is 11.1 Å². The van der Waals surface area contributed by atoms with Crippen molar-refractivity contribution in [3.05, 3.63) is 11.3 Å². The SMILES string of the molecule is Cc1noc(N2CC(Cl)CC2=O)c1C. The van der Waals surface area contributed by atoms with E-state index in [0.29, 0.717) is 18.8 Å². The van der Waals surface area contributed by atoms with Crippen LogP contribution in [0.25, 0.3) is 0 Å². The van der Waals surface area contributed by atoms with Crippen molar-refractivity contribution in [2.45, 2.75) is 25.6 Å². The highest BCUT2D eigenvalue weighted by Gasteiger charge is 2.32. The van der Waals surface area contributed by atoms with E-state index in [1.54, 1.807) is 4.90 Å². The first-order chi connectivity index (χ1) is 6.59. The minimum Gasteiger partial charge on any atom is -0.338 e. The summed E-state index contributed by atoms with van der Waals surface area (Å²) in [6.07, 6.45) is 0.376. The third kappa shape index (κ3) is 1.39. The van der Waals surface area contributed by atoms with Crippen LogP contribution in [0.4, 0.5) is 5.88 Å². The molecule has 0 N–H and O–H groups in total. The van der Waals surface area contributed by atoms with Gasteiger partial charge in [0.2, 0.25) is 11.8 Å². The average Bonchev–Trinajstić information content (AvgIpc) is 2.59. The molecule has 0 saturated carbocycles. The Kier molecular flexibility index (Phi) is 2.23. The number of aromatic nitrogens is 1. The second-order valence-corrected chi connectivity index (χ2v) is 4.12. The molecule has 5 heteroatoms. The molecule has 76 valence electrons. The summed E-state index contributed by atoms with van der Waals surface area (Å²) in [4.78, 5) is 13.1. The lowest BCUT2D eigenvalue weighted by Crippen LogP contribution is -2.24. The fraction of sp³-hybridized carbons (Fsp3) is 0.556. The summed E-state index contributed by atoms with van der Waals surface area (Å²) < 4.78 is 5.09. The molecule has 2 heterocycles. The van der Waals surface area contributed by atoms with Gasteiger partial charge in [-0.15, -0.1) is 11.6 Å². The van der Waals surface area contributed by atoms with Gasteiger partial charge < -0.3 is 4.52 Å². The quantitative estimate of drug-likeness (QED) is 0.668. The van der Waals surface area contributed by atoms with E-state index >= 15 is 0 Å². The van der Waals surface area contributed by atoms with E-state index < -0.39 is 0 Å². The number of halogens is 1. The fourth-order valence-electron chi connectivity index (χ4n) is 1.52. The Morgan fingerprint density at radius 1 is 1.57 bits per heavy atom. The molecule has 1 aliphatic heterocycles. The lowest BCUT2D eigenvalue weighted by molar-refractivity contribution is -0.117. The van der Waals surface area contributed by atoms with Crippen molar-refractivity contribution in [1.29, 1.82) is 0 Å². The number of aryl methyl sites for hydroxylation is 1. The minimum absolute atomic E-state index is 0.00394. The Balaban J connectivity index is 2.32. The fourth-order valence-corrected chi connectivity index (χ4v) is 1.79. The van der Waals surface area contributed by atoms with Crippen LogP contribution in [-0.4, -0.2) is 23.0 Å². The summed E-state index contributed by atoms with van der Waals surface area (Å²) in [6.45, 7) is 4.24. The van der Waals surface area contributed by atoms with Gasteiger partial charge in [-0.2, -0.15) is 0 Å². The summed E-state index contributed by atoms with van der Waals surface area (Å²) in [7, 11) is 0. The van der Waals surface area contributed by atoms with Crippen LogP contribution >= 0.6 is 11.6 Å². The predicted octanol–water partition coefficient (Wildman–Crippen LogP) is 1.64. The standard InChI is InChI=1S/C9H11ClN2O2/c1-5-6(2)11-14-9(5)12-4-7(10)3-8(12)13/h7H,3-4H2,1-2H3. The molecule has 0 aliphatic carbocycles. The van der Waals surface area contributed by atoms with Gasteiger partial charge in [-0.25, -0.2) is 0 Å². The van der Waals surface area contributed by atoms with E-state index in [9.17, 15) is 4.79 Å². The predicted molar refractivity (Wildman–Crippen MR) is 52.6 cm³/mol. The number of hydrogen-bond acceptors (Lipinski definition) is 3. The van der Waals surface area contributed by atoms with Crippen LogP contribution < -0.4 is 4.90 Å². The van der Waals surface area contributed by atoms with Crippen molar-refractivity contribution in [1.82, 2.24) is 5.16 Å². The van der Waals surface area contributed by atoms with Crippen LogP contribution in [0.3, 0.4) is 0 Å². The Morgan fingerprint density at radius 3 is 2.71 bits per heavy atom. The second kappa shape index (κ2) is 3.28. The number of nitrogens with zero attached hydrogens (tertiary/aromatic N) is 2. The third-order valence-electron chi connectivity index (χ3n) is 2.46. The molecule has 1 aliphatic rings. The van der Waals surface area contributed by atoms with E-state index in [4.69, 9.17) is 16.1 Å². The molecule has 1 atom stereocenters. The van der Waals surface area contributed by atoms with Gasteiger partial charge >= 0.3 is 0 Å². The maximum absolute atomic E-state index is 11.5. The van der Waals surface area contributed by atoms with Crippen molar-refractivity contribution < 1.29 is 9.32 Å². The lowest BCUT2D eigenvalue weighted by atomic mass is 10.3. The molecule has 0 radical (unpaired) electrons. The molecule has 2 rings (SSSR count). The zero-order chi connectivity index (χ0) is 10.3. The first-order valence-electron chi connectivity index (χ1n) is 4.47. The highest BCUT2D eigenvalue weighted by atomic mass is 35.5. The summed E-state index contributed by atoms with van der Waals surface area (Å²) in [5.74, 6) is 0.542. The van der Waals surface area contributed by atoms with Crippen molar-refractivity contribution in [3.8, 4) is 0 Å². The van der Waals surface area contributed by atoms with Gasteiger partial charge in [-0.05, 0) is 13.8 Å². The van der Waals surface area contributed by atoms with Gasteiger partial charge in [0.15, 0.2) is 0 Å². The molecule has 14 heavy (non-hydrogen) atoms. The zero-order valence-corrected chi connectivity index (χ0v) is 8.84. The number of amides is 1. The van der Waals surface area contributed by atoms with Crippen LogP contribution in [0.5, 0.6) is 0 Å². The van der Waals surface area contributed by atoms with Crippen molar-refractivity contribution >= 4 is 23.4 Å². The van der Waals surface area contributed by atoms with Crippen LogP contribution in [0, 0.1) is 13.8 Å². The average molecular weight is 215 g/mol. The van der Waals surface area contributed by atoms with Gasteiger partial charge in [0.25, 0.3) is 0 Å². The maximum atomic E-state index is 11.5. The molecule has 4 nitrogen and oxygen atoms in total. The molecule has 1 aromatic rings. The van der Waals surface area contributed by atoms with Crippen LogP contribution in [0.1, 0.15) is 17.7 Å². The molecule has 1 saturated heterocycles. The van der Waals surface area contributed by atoms with Crippen LogP contribution in [-0.2, 0) is 4.79 Å². The van der Waals surface area contributed by atoms with Crippen molar-refractivity contribution in [3.63, 3.8) is 0 Å². The molecule has 1 amide bonds. The van der Waals surface area contributed by atoms with Gasteiger partial charge in [0.1, 0.15) is 0 Å². The molecular formula is C9H11ClN2O2. The first-order valence-corrected chi connectivity index (χ1v) is 4.90. The topological polar surface area (TPSA) is 46.3 Å². The Bertz CT molecular complexity index is 375. The maximum Gasteiger partial charge on any atom is 0.237 e. The Morgan fingerprint density at radius 2 is 2.29 bits per heavy atom. The highest BCUT2D eigenvalue weighted by molar-refractivity contribution is 6.24. The minimum atomic E-state index is -0.118. The molecule has 0 spiro atoms. The van der Waals surface area contributed by atoms with E-state index in [0.717, 1.165) is 11.3 Å². The molecule has 1 unspecified atom stereocenters. The molecule has 1 fully saturated rings. The van der Waals surface area contributed by atoms with Crippen molar-refractivity contribution in [2.75, 3.05) is 11.4 Å². The van der Waals surface area contributed by atoms with Gasteiger partial charge in [0, 0.05) is 18.5 Å². The summed E-state index contributed by atoms with van der Waals surface area (Å²) >= 11 is 5.89. The highest BCUT2D eigenvalue weighted by Crippen LogP contribution is 2.28. The summed E-state index contributed by atoms with van der Waals surface area (Å²) in [5.41, 5.74) is 1.72.